The lowest BCUT2D eigenvalue weighted by molar-refractivity contribution is 0.0932. The van der Waals surface area contributed by atoms with Crippen molar-refractivity contribution in [3.05, 3.63) is 71.0 Å². The molecule has 0 aliphatic carbocycles. The van der Waals surface area contributed by atoms with Gasteiger partial charge in [0.05, 0.1) is 0 Å². The number of hydrogen-bond acceptors (Lipinski definition) is 2. The summed E-state index contributed by atoms with van der Waals surface area (Å²) in [6.07, 6.45) is 1.04. The third kappa shape index (κ3) is 3.77. The Balaban J connectivity index is 1.56. The van der Waals surface area contributed by atoms with Crippen LogP contribution in [0.5, 0.6) is 0 Å². The van der Waals surface area contributed by atoms with Crippen molar-refractivity contribution in [2.45, 2.75) is 25.9 Å². The van der Waals surface area contributed by atoms with Gasteiger partial charge in [-0.05, 0) is 42.7 Å². The normalized spacial score (nSPS) is 15.7. The molecular weight excluding hydrogens is 291 g/mol. The summed E-state index contributed by atoms with van der Waals surface area (Å²) in [6.45, 7) is 4.57. The van der Waals surface area contributed by atoms with E-state index in [-0.39, 0.29) is 11.9 Å². The summed E-state index contributed by atoms with van der Waals surface area (Å²) in [5, 5.41) is 2.90. The first-order chi connectivity index (χ1) is 11.1. The monoisotopic (exact) mass is 312 g/mol. The van der Waals surface area contributed by atoms with E-state index in [1.807, 2.05) is 0 Å². The molecule has 1 heterocycles. The van der Waals surface area contributed by atoms with Crippen molar-refractivity contribution in [3.63, 3.8) is 0 Å². The Labute approximate surface area is 136 Å². The molecule has 0 unspecified atom stereocenters. The highest BCUT2D eigenvalue weighted by atomic mass is 19.1. The van der Waals surface area contributed by atoms with Gasteiger partial charge in [-0.1, -0.05) is 30.3 Å². The SMILES string of the molecule is C[C@@H](CNC(=O)c1cccc(F)c1)N1CCc2ccccc2C1. The van der Waals surface area contributed by atoms with Gasteiger partial charge in [0.2, 0.25) is 0 Å². The molecule has 1 aliphatic heterocycles. The second-order valence-corrected chi connectivity index (χ2v) is 6.06. The summed E-state index contributed by atoms with van der Waals surface area (Å²) < 4.78 is 13.2. The van der Waals surface area contributed by atoms with Crippen LogP contribution in [0.15, 0.2) is 48.5 Å². The smallest absolute Gasteiger partial charge is 0.251 e. The second-order valence-electron chi connectivity index (χ2n) is 6.06. The lowest BCUT2D eigenvalue weighted by Gasteiger charge is -2.33. The van der Waals surface area contributed by atoms with Crippen LogP contribution < -0.4 is 5.32 Å². The van der Waals surface area contributed by atoms with Crippen LogP contribution >= 0.6 is 0 Å². The standard InChI is InChI=1S/C19H21FN2O/c1-14(12-21-19(23)16-7-4-8-18(20)11-16)22-10-9-15-5-2-3-6-17(15)13-22/h2-8,11,14H,9-10,12-13H2,1H3,(H,21,23)/t14-/m0/s1. The van der Waals surface area contributed by atoms with E-state index in [0.717, 1.165) is 19.5 Å². The van der Waals surface area contributed by atoms with Gasteiger partial charge in [-0.25, -0.2) is 4.39 Å². The molecular formula is C19H21FN2O. The molecule has 1 atom stereocenters. The van der Waals surface area contributed by atoms with Gasteiger partial charge in [-0.2, -0.15) is 0 Å². The van der Waals surface area contributed by atoms with E-state index in [0.29, 0.717) is 12.1 Å². The van der Waals surface area contributed by atoms with Crippen molar-refractivity contribution in [1.29, 1.82) is 0 Å². The summed E-state index contributed by atoms with van der Waals surface area (Å²) in [6, 6.07) is 14.5. The lowest BCUT2D eigenvalue weighted by atomic mass is 9.99. The van der Waals surface area contributed by atoms with Crippen LogP contribution in [0.25, 0.3) is 0 Å². The van der Waals surface area contributed by atoms with E-state index in [2.05, 4.69) is 41.4 Å². The highest BCUT2D eigenvalue weighted by Gasteiger charge is 2.20. The van der Waals surface area contributed by atoms with Crippen LogP contribution in [0, 0.1) is 5.82 Å². The average molecular weight is 312 g/mol. The van der Waals surface area contributed by atoms with Gasteiger partial charge in [-0.15, -0.1) is 0 Å². The predicted molar refractivity (Wildman–Crippen MR) is 88.8 cm³/mol. The number of carbonyl (C=O) groups is 1. The maximum absolute atomic E-state index is 13.2. The van der Waals surface area contributed by atoms with Crippen LogP contribution in [0.2, 0.25) is 0 Å². The summed E-state index contributed by atoms with van der Waals surface area (Å²) in [5.41, 5.74) is 3.14. The minimum absolute atomic E-state index is 0.228. The molecule has 0 fully saturated rings. The highest BCUT2D eigenvalue weighted by molar-refractivity contribution is 5.94. The van der Waals surface area contributed by atoms with Gasteiger partial charge in [0.1, 0.15) is 5.82 Å². The Kier molecular flexibility index (Phi) is 4.72. The molecule has 0 spiro atoms. The van der Waals surface area contributed by atoms with Crippen molar-refractivity contribution in [1.82, 2.24) is 10.2 Å². The first-order valence-corrected chi connectivity index (χ1v) is 7.98. The topological polar surface area (TPSA) is 32.3 Å². The van der Waals surface area contributed by atoms with E-state index in [1.54, 1.807) is 12.1 Å². The van der Waals surface area contributed by atoms with Crippen molar-refractivity contribution in [2.75, 3.05) is 13.1 Å². The third-order valence-corrected chi connectivity index (χ3v) is 4.43. The summed E-state index contributed by atoms with van der Waals surface area (Å²) in [5.74, 6) is -0.618. The minimum atomic E-state index is -0.390. The second kappa shape index (κ2) is 6.92. The van der Waals surface area contributed by atoms with Gasteiger partial charge < -0.3 is 5.32 Å². The minimum Gasteiger partial charge on any atom is -0.350 e. The molecule has 1 N–H and O–H groups in total. The van der Waals surface area contributed by atoms with Crippen molar-refractivity contribution in [2.24, 2.45) is 0 Å². The highest BCUT2D eigenvalue weighted by Crippen LogP contribution is 2.20. The Bertz CT molecular complexity index is 701. The van der Waals surface area contributed by atoms with Gasteiger partial charge >= 0.3 is 0 Å². The molecule has 4 heteroatoms. The van der Waals surface area contributed by atoms with E-state index in [9.17, 15) is 9.18 Å². The Hall–Kier alpha value is -2.20. The number of benzene rings is 2. The zero-order valence-corrected chi connectivity index (χ0v) is 13.3. The quantitative estimate of drug-likeness (QED) is 0.941. The lowest BCUT2D eigenvalue weighted by Crippen LogP contribution is -2.44. The molecule has 23 heavy (non-hydrogen) atoms. The summed E-state index contributed by atoms with van der Waals surface area (Å²) in [4.78, 5) is 14.5. The number of nitrogens with one attached hydrogen (secondary N) is 1. The summed E-state index contributed by atoms with van der Waals surface area (Å²) >= 11 is 0. The number of fused-ring (bicyclic) bond motifs is 1. The van der Waals surface area contributed by atoms with Crippen LogP contribution in [-0.2, 0) is 13.0 Å². The maximum atomic E-state index is 13.2. The van der Waals surface area contributed by atoms with Crippen LogP contribution in [0.3, 0.4) is 0 Å². The number of halogens is 1. The molecule has 3 rings (SSSR count). The number of nitrogens with zero attached hydrogens (tertiary/aromatic N) is 1. The fourth-order valence-electron chi connectivity index (χ4n) is 3.00. The van der Waals surface area contributed by atoms with Crippen molar-refractivity contribution < 1.29 is 9.18 Å². The number of hydrogen-bond donors (Lipinski definition) is 1. The van der Waals surface area contributed by atoms with Gasteiger partial charge in [0, 0.05) is 31.2 Å². The molecule has 0 saturated carbocycles. The molecule has 2 aromatic carbocycles. The Morgan fingerprint density at radius 3 is 2.78 bits per heavy atom. The number of rotatable bonds is 4. The molecule has 1 amide bonds. The Morgan fingerprint density at radius 1 is 1.22 bits per heavy atom. The van der Waals surface area contributed by atoms with E-state index >= 15 is 0 Å². The predicted octanol–water partition coefficient (Wildman–Crippen LogP) is 3.00. The zero-order valence-electron chi connectivity index (χ0n) is 13.3. The van der Waals surface area contributed by atoms with Gasteiger partial charge in [0.25, 0.3) is 5.91 Å². The number of amides is 1. The third-order valence-electron chi connectivity index (χ3n) is 4.43. The average Bonchev–Trinajstić information content (AvgIpc) is 2.59. The van der Waals surface area contributed by atoms with E-state index in [1.165, 1.54) is 23.3 Å². The van der Waals surface area contributed by atoms with Gasteiger partial charge in [0.15, 0.2) is 0 Å². The molecule has 2 aromatic rings. The van der Waals surface area contributed by atoms with Crippen molar-refractivity contribution in [3.8, 4) is 0 Å². The maximum Gasteiger partial charge on any atom is 0.251 e. The first-order valence-electron chi connectivity index (χ1n) is 7.98. The molecule has 0 aromatic heterocycles. The summed E-state index contributed by atoms with van der Waals surface area (Å²) in [7, 11) is 0. The van der Waals surface area contributed by atoms with Crippen LogP contribution in [0.1, 0.15) is 28.4 Å². The molecule has 3 nitrogen and oxygen atoms in total. The number of carbonyl (C=O) groups excluding carboxylic acids is 1. The Morgan fingerprint density at radius 2 is 2.00 bits per heavy atom. The largest absolute Gasteiger partial charge is 0.350 e. The first kappa shape index (κ1) is 15.7. The van der Waals surface area contributed by atoms with Crippen LogP contribution in [-0.4, -0.2) is 29.9 Å². The molecule has 120 valence electrons. The fraction of sp³-hybridized carbons (Fsp3) is 0.316. The molecule has 1 aliphatic rings. The zero-order chi connectivity index (χ0) is 16.2. The van der Waals surface area contributed by atoms with Crippen LogP contribution in [0.4, 0.5) is 4.39 Å². The van der Waals surface area contributed by atoms with Crippen molar-refractivity contribution >= 4 is 5.91 Å². The van der Waals surface area contributed by atoms with Gasteiger partial charge in [-0.3, -0.25) is 9.69 Å². The fourth-order valence-corrected chi connectivity index (χ4v) is 3.00. The van der Waals surface area contributed by atoms with E-state index in [4.69, 9.17) is 0 Å². The van der Waals surface area contributed by atoms with E-state index < -0.39 is 5.82 Å². The molecule has 0 bridgehead atoms. The molecule has 0 radical (unpaired) electrons. The molecule has 0 saturated heterocycles.